The molecule has 1 fully saturated rings. The maximum atomic E-state index is 13.6. The zero-order chi connectivity index (χ0) is 17.4. The number of urea groups is 1. The molecular weight excluding hydrogens is 311 g/mol. The fourth-order valence-corrected chi connectivity index (χ4v) is 3.23. The van der Waals surface area contributed by atoms with E-state index < -0.39 is 0 Å². The van der Waals surface area contributed by atoms with Crippen LogP contribution >= 0.6 is 0 Å². The SMILES string of the molecule is COCC[C@@]1(CO)CCCN(C(=O)NCCc2ccccc2F)C1. The maximum absolute atomic E-state index is 13.6. The summed E-state index contributed by atoms with van der Waals surface area (Å²) in [5.41, 5.74) is 0.318. The molecule has 2 rings (SSSR count). The third kappa shape index (κ3) is 4.92. The van der Waals surface area contributed by atoms with Crippen LogP contribution in [0.2, 0.25) is 0 Å². The van der Waals surface area contributed by atoms with Gasteiger partial charge in [0.2, 0.25) is 0 Å². The quantitative estimate of drug-likeness (QED) is 0.801. The minimum Gasteiger partial charge on any atom is -0.396 e. The van der Waals surface area contributed by atoms with Crippen LogP contribution < -0.4 is 5.32 Å². The molecule has 1 aliphatic heterocycles. The third-order valence-corrected chi connectivity index (χ3v) is 4.75. The first kappa shape index (κ1) is 18.7. The molecule has 0 unspecified atom stereocenters. The van der Waals surface area contributed by atoms with Crippen LogP contribution in [0.4, 0.5) is 9.18 Å². The summed E-state index contributed by atoms with van der Waals surface area (Å²) >= 11 is 0. The number of methoxy groups -OCH3 is 1. The number of hydrogen-bond donors (Lipinski definition) is 2. The van der Waals surface area contributed by atoms with E-state index in [1.165, 1.54) is 6.07 Å². The van der Waals surface area contributed by atoms with Gasteiger partial charge in [0.05, 0.1) is 6.61 Å². The molecule has 134 valence electrons. The fraction of sp³-hybridized carbons (Fsp3) is 0.611. The van der Waals surface area contributed by atoms with Crippen molar-refractivity contribution in [2.24, 2.45) is 5.41 Å². The second kappa shape index (κ2) is 8.99. The highest BCUT2D eigenvalue weighted by atomic mass is 19.1. The lowest BCUT2D eigenvalue weighted by atomic mass is 9.78. The number of carbonyl (C=O) groups excluding carboxylic acids is 1. The lowest BCUT2D eigenvalue weighted by molar-refractivity contribution is 0.0201. The maximum Gasteiger partial charge on any atom is 0.317 e. The van der Waals surface area contributed by atoms with Crippen LogP contribution in [0.1, 0.15) is 24.8 Å². The molecule has 1 saturated heterocycles. The number of amides is 2. The Hall–Kier alpha value is -1.66. The molecule has 2 N–H and O–H groups in total. The minimum atomic E-state index is -0.281. The van der Waals surface area contributed by atoms with Crippen molar-refractivity contribution in [3.63, 3.8) is 0 Å². The first-order valence-corrected chi connectivity index (χ1v) is 8.46. The van der Waals surface area contributed by atoms with Gasteiger partial charge in [-0.05, 0) is 37.3 Å². The molecule has 24 heavy (non-hydrogen) atoms. The summed E-state index contributed by atoms with van der Waals surface area (Å²) in [5.74, 6) is -0.247. The molecule has 1 aromatic rings. The Morgan fingerprint density at radius 2 is 2.25 bits per heavy atom. The Morgan fingerprint density at radius 3 is 2.96 bits per heavy atom. The number of nitrogens with zero attached hydrogens (tertiary/aromatic N) is 1. The fourth-order valence-electron chi connectivity index (χ4n) is 3.23. The highest BCUT2D eigenvalue weighted by Crippen LogP contribution is 2.33. The Balaban J connectivity index is 1.84. The van der Waals surface area contributed by atoms with E-state index in [1.54, 1.807) is 30.2 Å². The Bertz CT molecular complexity index is 541. The van der Waals surface area contributed by atoms with Crippen molar-refractivity contribution in [1.29, 1.82) is 0 Å². The van der Waals surface area contributed by atoms with Crippen molar-refractivity contribution in [3.05, 3.63) is 35.6 Å². The lowest BCUT2D eigenvalue weighted by Gasteiger charge is -2.41. The molecule has 0 aliphatic carbocycles. The molecule has 1 aliphatic rings. The van der Waals surface area contributed by atoms with E-state index >= 15 is 0 Å². The van der Waals surface area contributed by atoms with Gasteiger partial charge >= 0.3 is 6.03 Å². The van der Waals surface area contributed by atoms with Gasteiger partial charge in [-0.1, -0.05) is 18.2 Å². The Morgan fingerprint density at radius 1 is 1.46 bits per heavy atom. The van der Waals surface area contributed by atoms with Crippen molar-refractivity contribution in [3.8, 4) is 0 Å². The number of piperidine rings is 1. The van der Waals surface area contributed by atoms with E-state index in [4.69, 9.17) is 4.74 Å². The molecule has 0 spiro atoms. The topological polar surface area (TPSA) is 61.8 Å². The van der Waals surface area contributed by atoms with Crippen LogP contribution in [0.5, 0.6) is 0 Å². The Kier molecular flexibility index (Phi) is 6.99. The number of hydrogen-bond acceptors (Lipinski definition) is 3. The highest BCUT2D eigenvalue weighted by molar-refractivity contribution is 5.74. The van der Waals surface area contributed by atoms with Crippen LogP contribution in [0.3, 0.4) is 0 Å². The number of halogens is 1. The van der Waals surface area contributed by atoms with E-state index in [0.717, 1.165) is 19.3 Å². The van der Waals surface area contributed by atoms with Gasteiger partial charge in [-0.25, -0.2) is 9.18 Å². The van der Waals surface area contributed by atoms with Gasteiger partial charge < -0.3 is 20.1 Å². The molecule has 5 nitrogen and oxygen atoms in total. The van der Waals surface area contributed by atoms with Crippen molar-refractivity contribution >= 4 is 6.03 Å². The molecule has 0 aromatic heterocycles. The van der Waals surface area contributed by atoms with Crippen molar-refractivity contribution in [1.82, 2.24) is 10.2 Å². The van der Waals surface area contributed by atoms with E-state index in [0.29, 0.717) is 38.2 Å². The lowest BCUT2D eigenvalue weighted by Crippen LogP contribution is -2.51. The predicted molar refractivity (Wildman–Crippen MR) is 90.3 cm³/mol. The van der Waals surface area contributed by atoms with Gasteiger partial charge in [0, 0.05) is 38.8 Å². The summed E-state index contributed by atoms with van der Waals surface area (Å²) < 4.78 is 18.7. The van der Waals surface area contributed by atoms with Gasteiger partial charge in [0.25, 0.3) is 0 Å². The average molecular weight is 338 g/mol. The highest BCUT2D eigenvalue weighted by Gasteiger charge is 2.36. The van der Waals surface area contributed by atoms with E-state index in [9.17, 15) is 14.3 Å². The normalized spacial score (nSPS) is 20.9. The van der Waals surface area contributed by atoms with Crippen molar-refractivity contribution in [2.45, 2.75) is 25.7 Å². The number of ether oxygens (including phenoxy) is 1. The molecule has 1 atom stereocenters. The molecule has 0 radical (unpaired) electrons. The van der Waals surface area contributed by atoms with E-state index in [1.807, 2.05) is 0 Å². The average Bonchev–Trinajstić information content (AvgIpc) is 2.61. The van der Waals surface area contributed by atoms with Crippen molar-refractivity contribution in [2.75, 3.05) is 40.0 Å². The number of benzene rings is 1. The summed E-state index contributed by atoms with van der Waals surface area (Å²) in [6.45, 7) is 2.22. The zero-order valence-electron chi connectivity index (χ0n) is 14.3. The summed E-state index contributed by atoms with van der Waals surface area (Å²) in [6, 6.07) is 6.44. The second-order valence-electron chi connectivity index (χ2n) is 6.50. The van der Waals surface area contributed by atoms with E-state index in [-0.39, 0.29) is 23.9 Å². The first-order chi connectivity index (χ1) is 11.6. The van der Waals surface area contributed by atoms with Gasteiger partial charge in [-0.15, -0.1) is 0 Å². The first-order valence-electron chi connectivity index (χ1n) is 8.46. The number of aliphatic hydroxyl groups excluding tert-OH is 1. The molecule has 0 bridgehead atoms. The zero-order valence-corrected chi connectivity index (χ0v) is 14.3. The number of nitrogens with one attached hydrogen (secondary N) is 1. The van der Waals surface area contributed by atoms with Crippen molar-refractivity contribution < 1.29 is 19.0 Å². The van der Waals surface area contributed by atoms with Crippen LogP contribution in [0.15, 0.2) is 24.3 Å². The molecular formula is C18H27FN2O3. The third-order valence-electron chi connectivity index (χ3n) is 4.75. The van der Waals surface area contributed by atoms with Crippen LogP contribution in [0, 0.1) is 11.2 Å². The number of carbonyl (C=O) groups is 1. The molecule has 2 amide bonds. The summed E-state index contributed by atoms with van der Waals surface area (Å²) in [5, 5.41) is 12.6. The predicted octanol–water partition coefficient (Wildman–Crippen LogP) is 2.19. The standard InChI is InChI=1S/C18H27FN2O3/c1-24-12-9-18(14-22)8-4-11-21(13-18)17(23)20-10-7-15-5-2-3-6-16(15)19/h2-3,5-6,22H,4,7-14H2,1H3,(H,20,23)/t18-/m0/s1. The molecule has 1 heterocycles. The number of likely N-dealkylation sites (tertiary alicyclic amines) is 1. The number of rotatable bonds is 7. The Labute approximate surface area is 142 Å². The molecule has 1 aromatic carbocycles. The largest absolute Gasteiger partial charge is 0.396 e. The number of aliphatic hydroxyl groups is 1. The summed E-state index contributed by atoms with van der Waals surface area (Å²) in [6.07, 6.45) is 2.96. The molecule has 0 saturated carbocycles. The van der Waals surface area contributed by atoms with Gasteiger partial charge in [0.15, 0.2) is 0 Å². The van der Waals surface area contributed by atoms with Gasteiger partial charge in [0.1, 0.15) is 5.82 Å². The van der Waals surface area contributed by atoms with Crippen LogP contribution in [-0.4, -0.2) is 56.0 Å². The molecule has 6 heteroatoms. The smallest absolute Gasteiger partial charge is 0.317 e. The van der Waals surface area contributed by atoms with Crippen LogP contribution in [-0.2, 0) is 11.2 Å². The monoisotopic (exact) mass is 338 g/mol. The second-order valence-corrected chi connectivity index (χ2v) is 6.50. The summed E-state index contributed by atoms with van der Waals surface area (Å²) in [4.78, 5) is 14.1. The summed E-state index contributed by atoms with van der Waals surface area (Å²) in [7, 11) is 1.64. The minimum absolute atomic E-state index is 0.0510. The van der Waals surface area contributed by atoms with E-state index in [2.05, 4.69) is 5.32 Å². The van der Waals surface area contributed by atoms with Gasteiger partial charge in [-0.3, -0.25) is 0 Å². The van der Waals surface area contributed by atoms with Crippen LogP contribution in [0.25, 0.3) is 0 Å². The van der Waals surface area contributed by atoms with Gasteiger partial charge in [-0.2, -0.15) is 0 Å².